The fraction of sp³-hybridized carbons (Fsp3) is 0.308. The predicted molar refractivity (Wildman–Crippen MR) is 127 cm³/mol. The van der Waals surface area contributed by atoms with Crippen LogP contribution in [-0.2, 0) is 0 Å². The summed E-state index contributed by atoms with van der Waals surface area (Å²) in [4.78, 5) is 16.5. The molecule has 4 heterocycles. The molecule has 1 aliphatic heterocycles. The second-order valence-electron chi connectivity index (χ2n) is 8.70. The summed E-state index contributed by atoms with van der Waals surface area (Å²) in [5.41, 5.74) is 5.81. The second-order valence-corrected chi connectivity index (χ2v) is 8.70. The molecular weight excluding hydrogens is 412 g/mol. The molecule has 7 nitrogen and oxygen atoms in total. The number of fused-ring (bicyclic) bond motifs is 1. The fourth-order valence-electron chi connectivity index (χ4n) is 4.45. The van der Waals surface area contributed by atoms with Crippen molar-refractivity contribution in [3.05, 3.63) is 66.2 Å². The van der Waals surface area contributed by atoms with Gasteiger partial charge in [0.05, 0.1) is 29.5 Å². The molecule has 166 valence electrons. The van der Waals surface area contributed by atoms with E-state index in [2.05, 4.69) is 28.0 Å². The van der Waals surface area contributed by atoms with Crippen molar-refractivity contribution in [2.45, 2.75) is 19.8 Å². The van der Waals surface area contributed by atoms with E-state index in [1.54, 1.807) is 6.20 Å². The van der Waals surface area contributed by atoms with E-state index in [1.165, 1.54) is 6.42 Å². The lowest BCUT2D eigenvalue weighted by atomic mass is 9.99. The van der Waals surface area contributed by atoms with Crippen molar-refractivity contribution < 1.29 is 4.74 Å². The summed E-state index contributed by atoms with van der Waals surface area (Å²) in [6.45, 7) is 4.75. The molecule has 5 rings (SSSR count). The average Bonchev–Trinajstić information content (AvgIpc) is 3.33. The third-order valence-corrected chi connectivity index (χ3v) is 6.17. The molecule has 0 unspecified atom stereocenters. The number of nitrogens with zero attached hydrogens (tertiary/aromatic N) is 6. The molecule has 0 N–H and O–H groups in total. The summed E-state index contributed by atoms with van der Waals surface area (Å²) < 4.78 is 8.21. The number of rotatable bonds is 5. The van der Waals surface area contributed by atoms with Crippen LogP contribution in [0.15, 0.2) is 55.0 Å². The zero-order chi connectivity index (χ0) is 22.8. The maximum absolute atomic E-state index is 9.22. The van der Waals surface area contributed by atoms with Gasteiger partial charge < -0.3 is 9.64 Å². The summed E-state index contributed by atoms with van der Waals surface area (Å²) in [7, 11) is 2.16. The maximum Gasteiger partial charge on any atom is 0.302 e. The molecule has 1 saturated heterocycles. The van der Waals surface area contributed by atoms with Crippen LogP contribution in [0.2, 0.25) is 0 Å². The minimum atomic E-state index is 0.475. The highest BCUT2D eigenvalue weighted by molar-refractivity contribution is 5.90. The molecule has 3 aromatic heterocycles. The molecule has 0 saturated carbocycles. The summed E-state index contributed by atoms with van der Waals surface area (Å²) in [6, 6.07) is 14.2. The topological polar surface area (TPSA) is 79.3 Å². The molecule has 1 atom stereocenters. The number of nitriles is 1. The average molecular weight is 439 g/mol. The van der Waals surface area contributed by atoms with Gasteiger partial charge in [0.25, 0.3) is 0 Å². The van der Waals surface area contributed by atoms with E-state index in [0.29, 0.717) is 24.1 Å². The van der Waals surface area contributed by atoms with Gasteiger partial charge in [-0.15, -0.1) is 0 Å². The van der Waals surface area contributed by atoms with Crippen LogP contribution in [0.3, 0.4) is 0 Å². The van der Waals surface area contributed by atoms with E-state index in [-0.39, 0.29) is 0 Å². The predicted octanol–water partition coefficient (Wildman–Crippen LogP) is 4.36. The van der Waals surface area contributed by atoms with E-state index >= 15 is 0 Å². The van der Waals surface area contributed by atoms with E-state index < -0.39 is 0 Å². The van der Waals surface area contributed by atoms with Gasteiger partial charge in [-0.3, -0.25) is 9.38 Å². The van der Waals surface area contributed by atoms with Crippen molar-refractivity contribution in [1.29, 1.82) is 5.26 Å². The lowest BCUT2D eigenvalue weighted by Crippen LogP contribution is -2.35. The number of hydrogen-bond donors (Lipinski definition) is 0. The Hall–Kier alpha value is -3.76. The van der Waals surface area contributed by atoms with Gasteiger partial charge in [-0.1, -0.05) is 18.2 Å². The molecule has 1 aromatic carbocycles. The standard InChI is InChI=1S/C26H26N6O/c1-18-5-8-22(15-29-18)23-24(21-9-6-19(14-27)7-10-21)30-26(32-13-11-28-25(23)32)33-17-20-4-3-12-31(2)16-20/h5-11,13,15,20H,3-4,12,16-17H2,1-2H3/t20-/m1/s1. The first-order valence-electron chi connectivity index (χ1n) is 11.2. The third-order valence-electron chi connectivity index (χ3n) is 6.17. The van der Waals surface area contributed by atoms with Gasteiger partial charge in [-0.25, -0.2) is 4.98 Å². The van der Waals surface area contributed by atoms with Crippen molar-refractivity contribution in [3.8, 4) is 34.5 Å². The summed E-state index contributed by atoms with van der Waals surface area (Å²) in [5, 5.41) is 9.22. The normalized spacial score (nSPS) is 16.6. The Morgan fingerprint density at radius 3 is 2.67 bits per heavy atom. The van der Waals surface area contributed by atoms with Crippen LogP contribution in [0, 0.1) is 24.2 Å². The summed E-state index contributed by atoms with van der Waals surface area (Å²) in [5.74, 6) is 0.475. The minimum Gasteiger partial charge on any atom is -0.464 e. The first-order valence-corrected chi connectivity index (χ1v) is 11.2. The van der Waals surface area contributed by atoms with Crippen molar-refractivity contribution in [1.82, 2.24) is 24.3 Å². The number of pyridine rings is 1. The van der Waals surface area contributed by atoms with Crippen molar-refractivity contribution >= 4 is 5.65 Å². The maximum atomic E-state index is 9.22. The Kier molecular flexibility index (Phi) is 5.76. The number of aromatic nitrogens is 4. The molecule has 33 heavy (non-hydrogen) atoms. The van der Waals surface area contributed by atoms with Gasteiger partial charge in [-0.05, 0) is 51.6 Å². The molecule has 0 amide bonds. The Morgan fingerprint density at radius 1 is 1.12 bits per heavy atom. The van der Waals surface area contributed by atoms with Gasteiger partial charge >= 0.3 is 6.01 Å². The third kappa shape index (κ3) is 4.30. The Bertz CT molecular complexity index is 1300. The molecular formula is C26H26N6O. The molecule has 0 spiro atoms. The van der Waals surface area contributed by atoms with Crippen LogP contribution in [-0.4, -0.2) is 51.0 Å². The molecule has 4 aromatic rings. The van der Waals surface area contributed by atoms with Crippen LogP contribution < -0.4 is 4.74 Å². The van der Waals surface area contributed by atoms with Crippen LogP contribution >= 0.6 is 0 Å². The molecule has 7 heteroatoms. The number of imidazole rings is 1. The number of likely N-dealkylation sites (tertiary alicyclic amines) is 1. The van der Waals surface area contributed by atoms with Crippen molar-refractivity contribution in [2.75, 3.05) is 26.7 Å². The van der Waals surface area contributed by atoms with Gasteiger partial charge in [-0.2, -0.15) is 10.2 Å². The Labute approximate surface area is 193 Å². The van der Waals surface area contributed by atoms with Crippen LogP contribution in [0.1, 0.15) is 24.1 Å². The van der Waals surface area contributed by atoms with Crippen molar-refractivity contribution in [3.63, 3.8) is 0 Å². The number of ether oxygens (including phenoxy) is 1. The highest BCUT2D eigenvalue weighted by Gasteiger charge is 2.22. The minimum absolute atomic E-state index is 0.475. The summed E-state index contributed by atoms with van der Waals surface area (Å²) in [6.07, 6.45) is 7.86. The van der Waals surface area contributed by atoms with Gasteiger partial charge in [0.15, 0.2) is 5.65 Å². The number of hydrogen-bond acceptors (Lipinski definition) is 6. The highest BCUT2D eigenvalue weighted by atomic mass is 16.5. The largest absolute Gasteiger partial charge is 0.464 e. The zero-order valence-electron chi connectivity index (χ0n) is 18.9. The molecule has 1 fully saturated rings. The Balaban J connectivity index is 1.61. The molecule has 0 radical (unpaired) electrons. The van der Waals surface area contributed by atoms with Crippen LogP contribution in [0.4, 0.5) is 0 Å². The van der Waals surface area contributed by atoms with E-state index in [0.717, 1.165) is 53.2 Å². The van der Waals surface area contributed by atoms with Crippen LogP contribution in [0.25, 0.3) is 28.0 Å². The van der Waals surface area contributed by atoms with E-state index in [4.69, 9.17) is 9.72 Å². The quantitative estimate of drug-likeness (QED) is 0.461. The first kappa shape index (κ1) is 21.1. The monoisotopic (exact) mass is 438 g/mol. The highest BCUT2D eigenvalue weighted by Crippen LogP contribution is 2.36. The number of aryl methyl sites for hydroxylation is 1. The SMILES string of the molecule is Cc1ccc(-c2c(-c3ccc(C#N)cc3)nc(OC[C@@H]3CCCN(C)C3)n3ccnc23)cn1. The lowest BCUT2D eigenvalue weighted by molar-refractivity contribution is 0.143. The second kappa shape index (κ2) is 9.00. The van der Waals surface area contributed by atoms with Gasteiger partial charge in [0.2, 0.25) is 0 Å². The van der Waals surface area contributed by atoms with Crippen molar-refractivity contribution in [2.24, 2.45) is 5.92 Å². The van der Waals surface area contributed by atoms with Gasteiger partial charge in [0.1, 0.15) is 0 Å². The lowest BCUT2D eigenvalue weighted by Gasteiger charge is -2.29. The molecule has 0 aliphatic carbocycles. The molecule has 0 bridgehead atoms. The fourth-order valence-corrected chi connectivity index (χ4v) is 4.45. The smallest absolute Gasteiger partial charge is 0.302 e. The van der Waals surface area contributed by atoms with Crippen LogP contribution in [0.5, 0.6) is 6.01 Å². The first-order chi connectivity index (χ1) is 16.1. The summed E-state index contributed by atoms with van der Waals surface area (Å²) >= 11 is 0. The number of piperidine rings is 1. The van der Waals surface area contributed by atoms with Gasteiger partial charge in [0, 0.05) is 47.9 Å². The van der Waals surface area contributed by atoms with E-state index in [9.17, 15) is 5.26 Å². The number of benzene rings is 1. The zero-order valence-corrected chi connectivity index (χ0v) is 18.9. The molecule has 1 aliphatic rings. The van der Waals surface area contributed by atoms with E-state index in [1.807, 2.05) is 60.1 Å². The Morgan fingerprint density at radius 2 is 1.94 bits per heavy atom.